The van der Waals surface area contributed by atoms with E-state index in [2.05, 4.69) is 21.2 Å². The van der Waals surface area contributed by atoms with Gasteiger partial charge in [0.1, 0.15) is 5.82 Å². The number of rotatable bonds is 5. The van der Waals surface area contributed by atoms with Crippen LogP contribution in [-0.2, 0) is 4.79 Å². The molecule has 0 radical (unpaired) electrons. The molecule has 2 rings (SSSR count). The largest absolute Gasteiger partial charge is 0.366 e. The van der Waals surface area contributed by atoms with Crippen LogP contribution in [0.2, 0.25) is 0 Å². The summed E-state index contributed by atoms with van der Waals surface area (Å²) < 4.78 is 13.9. The zero-order valence-electron chi connectivity index (χ0n) is 12.3. The minimum absolute atomic E-state index is 0.00579. The van der Waals surface area contributed by atoms with Crippen molar-refractivity contribution in [2.24, 2.45) is 5.73 Å². The van der Waals surface area contributed by atoms with Gasteiger partial charge in [-0.2, -0.15) is 0 Å². The van der Waals surface area contributed by atoms with Crippen LogP contribution in [0.25, 0.3) is 0 Å². The molecule has 120 valence electrons. The summed E-state index contributed by atoms with van der Waals surface area (Å²) in [6.45, 7) is -0.00579. The number of carbonyl (C=O) groups excluding carboxylic acids is 2. The molecule has 0 bridgehead atoms. The summed E-state index contributed by atoms with van der Waals surface area (Å²) in [6.07, 6.45) is 0. The minimum atomic E-state index is -0.633. The third kappa shape index (κ3) is 4.53. The SMILES string of the molecule is CN(CC(=O)Nc1cc(Br)ccc1C(N)=O)c1cccc(F)c1. The first-order valence-corrected chi connectivity index (χ1v) is 7.52. The van der Waals surface area contributed by atoms with Crippen LogP contribution in [0.3, 0.4) is 0 Å². The second-order valence-electron chi connectivity index (χ2n) is 4.94. The molecular formula is C16H15BrFN3O2. The number of nitrogens with two attached hydrogens (primary N) is 1. The zero-order valence-corrected chi connectivity index (χ0v) is 13.9. The van der Waals surface area contributed by atoms with Crippen molar-refractivity contribution in [3.8, 4) is 0 Å². The molecule has 0 saturated carbocycles. The van der Waals surface area contributed by atoms with Crippen molar-refractivity contribution in [3.63, 3.8) is 0 Å². The van der Waals surface area contributed by atoms with E-state index in [1.807, 2.05) is 0 Å². The molecule has 0 atom stereocenters. The maximum atomic E-state index is 13.2. The first-order valence-electron chi connectivity index (χ1n) is 6.72. The number of nitrogens with one attached hydrogen (secondary N) is 1. The quantitative estimate of drug-likeness (QED) is 0.838. The Balaban J connectivity index is 2.11. The summed E-state index contributed by atoms with van der Waals surface area (Å²) in [5.41, 5.74) is 6.41. The van der Waals surface area contributed by atoms with E-state index in [1.54, 1.807) is 36.2 Å². The van der Waals surface area contributed by atoms with E-state index < -0.39 is 5.91 Å². The van der Waals surface area contributed by atoms with Gasteiger partial charge in [0.15, 0.2) is 0 Å². The molecule has 0 unspecified atom stereocenters. The predicted molar refractivity (Wildman–Crippen MR) is 91.0 cm³/mol. The molecule has 23 heavy (non-hydrogen) atoms. The molecule has 0 aromatic heterocycles. The highest BCUT2D eigenvalue weighted by atomic mass is 79.9. The zero-order chi connectivity index (χ0) is 17.0. The van der Waals surface area contributed by atoms with E-state index in [-0.39, 0.29) is 23.8 Å². The van der Waals surface area contributed by atoms with Crippen LogP contribution in [-0.4, -0.2) is 25.4 Å². The summed E-state index contributed by atoms with van der Waals surface area (Å²) in [4.78, 5) is 25.2. The molecule has 7 heteroatoms. The van der Waals surface area contributed by atoms with Crippen molar-refractivity contribution in [2.45, 2.75) is 0 Å². The number of hydrogen-bond acceptors (Lipinski definition) is 3. The Labute approximate surface area is 141 Å². The lowest BCUT2D eigenvalue weighted by Gasteiger charge is -2.19. The number of likely N-dealkylation sites (N-methyl/N-ethyl adjacent to an activating group) is 1. The number of hydrogen-bond donors (Lipinski definition) is 2. The van der Waals surface area contributed by atoms with Crippen LogP contribution < -0.4 is 16.0 Å². The van der Waals surface area contributed by atoms with E-state index in [4.69, 9.17) is 5.73 Å². The smallest absolute Gasteiger partial charge is 0.250 e. The second kappa shape index (κ2) is 7.23. The van der Waals surface area contributed by atoms with Gasteiger partial charge in [-0.05, 0) is 36.4 Å². The number of nitrogens with zero attached hydrogens (tertiary/aromatic N) is 1. The van der Waals surface area contributed by atoms with Crippen LogP contribution >= 0.6 is 15.9 Å². The molecule has 2 amide bonds. The Bertz CT molecular complexity index is 752. The topological polar surface area (TPSA) is 75.4 Å². The van der Waals surface area contributed by atoms with Crippen molar-refractivity contribution in [1.29, 1.82) is 0 Å². The van der Waals surface area contributed by atoms with E-state index in [1.165, 1.54) is 18.2 Å². The molecule has 3 N–H and O–H groups in total. The van der Waals surface area contributed by atoms with Gasteiger partial charge < -0.3 is 16.0 Å². The number of carbonyl (C=O) groups is 2. The van der Waals surface area contributed by atoms with Gasteiger partial charge in [-0.15, -0.1) is 0 Å². The third-order valence-corrected chi connectivity index (χ3v) is 3.64. The van der Waals surface area contributed by atoms with Crippen molar-refractivity contribution >= 4 is 39.1 Å². The summed E-state index contributed by atoms with van der Waals surface area (Å²) in [7, 11) is 1.67. The Morgan fingerprint density at radius 1 is 1.26 bits per heavy atom. The predicted octanol–water partition coefficient (Wildman–Crippen LogP) is 2.76. The molecule has 0 saturated heterocycles. The van der Waals surface area contributed by atoms with Crippen molar-refractivity contribution in [1.82, 2.24) is 0 Å². The van der Waals surface area contributed by atoms with E-state index >= 15 is 0 Å². The lowest BCUT2D eigenvalue weighted by Crippen LogP contribution is -2.30. The molecule has 0 aliphatic heterocycles. The van der Waals surface area contributed by atoms with Gasteiger partial charge in [0.25, 0.3) is 5.91 Å². The van der Waals surface area contributed by atoms with Crippen molar-refractivity contribution in [3.05, 3.63) is 58.3 Å². The summed E-state index contributed by atoms with van der Waals surface area (Å²) in [5.74, 6) is -1.36. The normalized spacial score (nSPS) is 10.2. The van der Waals surface area contributed by atoms with E-state index in [0.29, 0.717) is 15.8 Å². The lowest BCUT2D eigenvalue weighted by atomic mass is 10.1. The molecule has 0 spiro atoms. The van der Waals surface area contributed by atoms with Gasteiger partial charge in [-0.3, -0.25) is 9.59 Å². The van der Waals surface area contributed by atoms with Crippen LogP contribution in [0.15, 0.2) is 46.9 Å². The third-order valence-electron chi connectivity index (χ3n) is 3.15. The minimum Gasteiger partial charge on any atom is -0.366 e. The van der Waals surface area contributed by atoms with Gasteiger partial charge in [-0.25, -0.2) is 4.39 Å². The van der Waals surface area contributed by atoms with Crippen molar-refractivity contribution < 1.29 is 14.0 Å². The fraction of sp³-hybridized carbons (Fsp3) is 0.125. The molecule has 0 fully saturated rings. The highest BCUT2D eigenvalue weighted by Gasteiger charge is 2.13. The van der Waals surface area contributed by atoms with Crippen LogP contribution in [0, 0.1) is 5.82 Å². The number of primary amides is 1. The number of anilines is 2. The maximum absolute atomic E-state index is 13.2. The summed E-state index contributed by atoms with van der Waals surface area (Å²) in [5, 5.41) is 2.64. The van der Waals surface area contributed by atoms with Crippen LogP contribution in [0.5, 0.6) is 0 Å². The van der Waals surface area contributed by atoms with Gasteiger partial charge in [0, 0.05) is 17.2 Å². The fourth-order valence-electron chi connectivity index (χ4n) is 2.04. The Kier molecular flexibility index (Phi) is 5.33. The summed E-state index contributed by atoms with van der Waals surface area (Å²) >= 11 is 3.28. The Morgan fingerprint density at radius 2 is 2.00 bits per heavy atom. The Morgan fingerprint density at radius 3 is 2.65 bits per heavy atom. The molecule has 0 aliphatic carbocycles. The molecule has 2 aromatic rings. The number of benzene rings is 2. The fourth-order valence-corrected chi connectivity index (χ4v) is 2.41. The van der Waals surface area contributed by atoms with E-state index in [0.717, 1.165) is 0 Å². The molecule has 0 heterocycles. The molecule has 0 aliphatic rings. The Hall–Kier alpha value is -2.41. The van der Waals surface area contributed by atoms with Crippen LogP contribution in [0.1, 0.15) is 10.4 Å². The molecule has 2 aromatic carbocycles. The van der Waals surface area contributed by atoms with Gasteiger partial charge in [0.05, 0.1) is 17.8 Å². The molecule has 5 nitrogen and oxygen atoms in total. The summed E-state index contributed by atoms with van der Waals surface area (Å²) in [6, 6.07) is 10.7. The molecular weight excluding hydrogens is 365 g/mol. The average Bonchev–Trinajstić information content (AvgIpc) is 2.46. The average molecular weight is 380 g/mol. The highest BCUT2D eigenvalue weighted by molar-refractivity contribution is 9.10. The van der Waals surface area contributed by atoms with E-state index in [9.17, 15) is 14.0 Å². The first-order chi connectivity index (χ1) is 10.9. The van der Waals surface area contributed by atoms with Gasteiger partial charge in [0.2, 0.25) is 5.91 Å². The lowest BCUT2D eigenvalue weighted by molar-refractivity contribution is -0.114. The number of amides is 2. The standard InChI is InChI=1S/C16H15BrFN3O2/c1-21(12-4-2-3-11(18)8-12)9-15(22)20-14-7-10(17)5-6-13(14)16(19)23/h2-8H,9H2,1H3,(H2,19,23)(H,20,22). The monoisotopic (exact) mass is 379 g/mol. The number of halogens is 2. The highest BCUT2D eigenvalue weighted by Crippen LogP contribution is 2.21. The maximum Gasteiger partial charge on any atom is 0.250 e. The van der Waals surface area contributed by atoms with Crippen molar-refractivity contribution in [2.75, 3.05) is 23.8 Å². The van der Waals surface area contributed by atoms with Crippen LogP contribution in [0.4, 0.5) is 15.8 Å². The van der Waals surface area contributed by atoms with Gasteiger partial charge in [-0.1, -0.05) is 22.0 Å². The van der Waals surface area contributed by atoms with Gasteiger partial charge >= 0.3 is 0 Å². The first kappa shape index (κ1) is 17.0. The second-order valence-corrected chi connectivity index (χ2v) is 5.85.